The Morgan fingerprint density at radius 1 is 0.939 bits per heavy atom. The summed E-state index contributed by atoms with van der Waals surface area (Å²) in [7, 11) is 0. The summed E-state index contributed by atoms with van der Waals surface area (Å²) >= 11 is 0. The van der Waals surface area contributed by atoms with Crippen LogP contribution in [-0.4, -0.2) is 81.2 Å². The number of nitrogens with two attached hydrogens (primary N) is 1. The summed E-state index contributed by atoms with van der Waals surface area (Å²) in [5.41, 5.74) is 6.57. The number of benzene rings is 1. The highest BCUT2D eigenvalue weighted by Gasteiger charge is 2.31. The molecule has 33 heavy (non-hydrogen) atoms. The van der Waals surface area contributed by atoms with Crippen LogP contribution in [0.3, 0.4) is 0 Å². The van der Waals surface area contributed by atoms with Crippen molar-refractivity contribution in [2.45, 2.75) is 31.0 Å². The largest absolute Gasteiger partial charge is 0.481 e. The molecule has 0 aliphatic heterocycles. The molecule has 3 amide bonds. The summed E-state index contributed by atoms with van der Waals surface area (Å²) < 4.78 is 0. The third-order valence-corrected chi connectivity index (χ3v) is 4.74. The lowest BCUT2D eigenvalue weighted by molar-refractivity contribution is -0.147. The minimum Gasteiger partial charge on any atom is -0.481 e. The number of H-pyrrole nitrogens is 1. The van der Waals surface area contributed by atoms with Gasteiger partial charge < -0.3 is 42.0 Å². The molecular weight excluding hydrogens is 438 g/mol. The minimum absolute atomic E-state index is 0.0933. The van der Waals surface area contributed by atoms with E-state index in [-0.39, 0.29) is 6.42 Å². The van der Waals surface area contributed by atoms with E-state index < -0.39 is 67.4 Å². The molecule has 1 aromatic carbocycles. The van der Waals surface area contributed by atoms with Gasteiger partial charge in [0.1, 0.15) is 18.1 Å². The zero-order valence-electron chi connectivity index (χ0n) is 17.4. The first-order chi connectivity index (χ1) is 15.7. The number of carbonyl (C=O) groups is 5. The lowest BCUT2D eigenvalue weighted by Crippen LogP contribution is -2.57. The Balaban J connectivity index is 2.29. The normalized spacial score (nSPS) is 13.5. The number of aliphatic hydroxyl groups is 1. The smallest absolute Gasteiger partial charge is 0.326 e. The quantitative estimate of drug-likeness (QED) is 0.169. The molecule has 0 fully saturated rings. The lowest BCUT2D eigenvalue weighted by atomic mass is 10.0. The number of amides is 3. The molecule has 13 nitrogen and oxygen atoms in total. The van der Waals surface area contributed by atoms with Crippen molar-refractivity contribution in [2.24, 2.45) is 5.73 Å². The van der Waals surface area contributed by atoms with E-state index in [2.05, 4.69) is 20.9 Å². The molecule has 0 saturated carbocycles. The predicted molar refractivity (Wildman–Crippen MR) is 114 cm³/mol. The van der Waals surface area contributed by atoms with Crippen LogP contribution in [0, 0.1) is 0 Å². The lowest BCUT2D eigenvalue weighted by Gasteiger charge is -2.23. The molecule has 13 heteroatoms. The van der Waals surface area contributed by atoms with E-state index in [0.717, 1.165) is 10.9 Å². The number of aromatic nitrogens is 1. The topological polar surface area (TPSA) is 224 Å². The fraction of sp³-hybridized carbons (Fsp3) is 0.350. The van der Waals surface area contributed by atoms with Gasteiger partial charge in [-0.25, -0.2) is 4.79 Å². The third-order valence-electron chi connectivity index (χ3n) is 4.74. The van der Waals surface area contributed by atoms with Gasteiger partial charge in [0.25, 0.3) is 0 Å². The van der Waals surface area contributed by atoms with Gasteiger partial charge in [0.15, 0.2) is 0 Å². The molecule has 0 bridgehead atoms. The molecule has 2 rings (SSSR count). The number of para-hydroxylation sites is 1. The maximum atomic E-state index is 12.9. The zero-order valence-corrected chi connectivity index (χ0v) is 17.4. The maximum Gasteiger partial charge on any atom is 0.326 e. The summed E-state index contributed by atoms with van der Waals surface area (Å²) in [4.78, 5) is 62.3. The van der Waals surface area contributed by atoms with E-state index in [9.17, 15) is 34.2 Å². The first-order valence-electron chi connectivity index (χ1n) is 9.86. The molecular formula is C20H25N5O8. The Labute approximate surface area is 187 Å². The van der Waals surface area contributed by atoms with Crippen molar-refractivity contribution in [3.63, 3.8) is 0 Å². The van der Waals surface area contributed by atoms with Crippen molar-refractivity contribution in [2.75, 3.05) is 13.2 Å². The number of nitrogens with one attached hydrogen (secondary N) is 4. The van der Waals surface area contributed by atoms with E-state index in [4.69, 9.17) is 10.8 Å². The van der Waals surface area contributed by atoms with Gasteiger partial charge in [0.05, 0.1) is 19.6 Å². The van der Waals surface area contributed by atoms with E-state index in [0.29, 0.717) is 5.56 Å². The number of aliphatic hydroxyl groups excluding tert-OH is 1. The standard InChI is InChI=1S/C20H25N5O8/c21-7-16(27)23-15(9-26)19(31)24-13(18(30)25-14(20(32)33)6-17(28)29)5-10-8-22-12-4-2-1-3-11(10)12/h1-4,8,13-15,22,26H,5-7,9,21H2,(H,23,27)(H,24,31)(H,25,30)(H,28,29)(H,32,33)/t13-,14-,15+/m0/s1. The molecule has 3 atom stereocenters. The molecule has 1 aromatic heterocycles. The van der Waals surface area contributed by atoms with Gasteiger partial charge in [-0.2, -0.15) is 0 Å². The average Bonchev–Trinajstić information content (AvgIpc) is 3.18. The van der Waals surface area contributed by atoms with Gasteiger partial charge in [0, 0.05) is 23.5 Å². The fourth-order valence-electron chi connectivity index (χ4n) is 3.10. The number of aliphatic carboxylic acids is 2. The molecule has 0 saturated heterocycles. The van der Waals surface area contributed by atoms with Gasteiger partial charge in [-0.15, -0.1) is 0 Å². The molecule has 0 aliphatic rings. The second kappa shape index (κ2) is 11.6. The van der Waals surface area contributed by atoms with E-state index in [1.807, 2.05) is 0 Å². The SMILES string of the molecule is NCC(=O)N[C@H](CO)C(=O)N[C@@H](Cc1c[nH]c2ccccc12)C(=O)N[C@@H](CC(=O)O)C(=O)O. The van der Waals surface area contributed by atoms with Crippen LogP contribution < -0.4 is 21.7 Å². The van der Waals surface area contributed by atoms with Crippen molar-refractivity contribution in [3.8, 4) is 0 Å². The van der Waals surface area contributed by atoms with Crippen molar-refractivity contribution in [3.05, 3.63) is 36.0 Å². The van der Waals surface area contributed by atoms with Crippen molar-refractivity contribution in [1.82, 2.24) is 20.9 Å². The van der Waals surface area contributed by atoms with Crippen LogP contribution in [0.1, 0.15) is 12.0 Å². The Morgan fingerprint density at radius 3 is 2.18 bits per heavy atom. The van der Waals surface area contributed by atoms with Crippen LogP contribution in [0.25, 0.3) is 10.9 Å². The first kappa shape index (κ1) is 25.3. The highest BCUT2D eigenvalue weighted by Crippen LogP contribution is 2.19. The number of hydrogen-bond acceptors (Lipinski definition) is 7. The van der Waals surface area contributed by atoms with Crippen molar-refractivity contribution >= 4 is 40.6 Å². The van der Waals surface area contributed by atoms with Crippen LogP contribution in [0.2, 0.25) is 0 Å². The summed E-state index contributed by atoms with van der Waals surface area (Å²) in [6, 6.07) is 2.65. The van der Waals surface area contributed by atoms with Crippen molar-refractivity contribution < 1.29 is 39.3 Å². The van der Waals surface area contributed by atoms with E-state index in [1.54, 1.807) is 30.5 Å². The first-order valence-corrected chi connectivity index (χ1v) is 9.86. The van der Waals surface area contributed by atoms with Crippen LogP contribution in [0.15, 0.2) is 30.5 Å². The third kappa shape index (κ3) is 7.02. The van der Waals surface area contributed by atoms with Gasteiger partial charge in [-0.3, -0.25) is 19.2 Å². The number of aromatic amines is 1. The van der Waals surface area contributed by atoms with Crippen molar-refractivity contribution in [1.29, 1.82) is 0 Å². The number of fused-ring (bicyclic) bond motifs is 1. The number of carbonyl (C=O) groups excluding carboxylic acids is 3. The van der Waals surface area contributed by atoms with Crippen LogP contribution in [0.5, 0.6) is 0 Å². The van der Waals surface area contributed by atoms with Crippen LogP contribution in [-0.2, 0) is 30.4 Å². The Kier molecular flexibility index (Phi) is 8.89. The van der Waals surface area contributed by atoms with Gasteiger partial charge in [0.2, 0.25) is 17.7 Å². The number of carboxylic acids is 2. The van der Waals surface area contributed by atoms with Crippen LogP contribution >= 0.6 is 0 Å². The summed E-state index contributed by atoms with van der Waals surface area (Å²) in [5, 5.41) is 35.0. The Bertz CT molecular complexity index is 1040. The maximum absolute atomic E-state index is 12.9. The monoisotopic (exact) mass is 463 g/mol. The fourth-order valence-corrected chi connectivity index (χ4v) is 3.10. The Morgan fingerprint density at radius 2 is 1.58 bits per heavy atom. The van der Waals surface area contributed by atoms with Gasteiger partial charge in [-0.1, -0.05) is 18.2 Å². The number of rotatable bonds is 12. The molecule has 178 valence electrons. The second-order valence-electron chi connectivity index (χ2n) is 7.13. The summed E-state index contributed by atoms with van der Waals surface area (Å²) in [5.74, 6) is -5.58. The number of hydrogen-bond donors (Lipinski definition) is 8. The Hall–Kier alpha value is -3.97. The molecule has 0 unspecified atom stereocenters. The molecule has 0 radical (unpaired) electrons. The highest BCUT2D eigenvalue weighted by atomic mass is 16.4. The molecule has 0 spiro atoms. The second-order valence-corrected chi connectivity index (χ2v) is 7.13. The number of carboxylic acid groups (broad SMARTS) is 2. The predicted octanol–water partition coefficient (Wildman–Crippen LogP) is -2.32. The average molecular weight is 463 g/mol. The van der Waals surface area contributed by atoms with E-state index >= 15 is 0 Å². The molecule has 1 heterocycles. The molecule has 0 aliphatic carbocycles. The summed E-state index contributed by atoms with van der Waals surface area (Å²) in [6.45, 7) is -1.21. The highest BCUT2D eigenvalue weighted by molar-refractivity contribution is 5.95. The van der Waals surface area contributed by atoms with Crippen LogP contribution in [0.4, 0.5) is 0 Å². The zero-order chi connectivity index (χ0) is 24.5. The van der Waals surface area contributed by atoms with Gasteiger partial charge >= 0.3 is 11.9 Å². The molecule has 2 aromatic rings. The molecule has 9 N–H and O–H groups in total. The van der Waals surface area contributed by atoms with E-state index in [1.165, 1.54) is 0 Å². The summed E-state index contributed by atoms with van der Waals surface area (Å²) in [6.07, 6.45) is 0.646. The van der Waals surface area contributed by atoms with Gasteiger partial charge in [-0.05, 0) is 11.6 Å². The minimum atomic E-state index is -1.73.